The Kier molecular flexibility index (Phi) is 2.53. The van der Waals surface area contributed by atoms with Gasteiger partial charge in [0.25, 0.3) is 0 Å². The van der Waals surface area contributed by atoms with Crippen molar-refractivity contribution >= 4 is 0 Å². The lowest BCUT2D eigenvalue weighted by atomic mass is 9.77. The quantitative estimate of drug-likeness (QED) is 0.495. The number of rotatable bonds is 0. The molecule has 0 aromatic heterocycles. The van der Waals surface area contributed by atoms with Crippen LogP contribution < -0.4 is 0 Å². The zero-order valence-electron chi connectivity index (χ0n) is 7.85. The molecule has 0 amide bonds. The first-order chi connectivity index (χ1) is 5.15. The molecule has 0 aliphatic heterocycles. The second-order valence-electron chi connectivity index (χ2n) is 3.79. The van der Waals surface area contributed by atoms with Gasteiger partial charge in [-0.05, 0) is 42.7 Å². The average molecular weight is 150 g/mol. The van der Waals surface area contributed by atoms with Crippen LogP contribution in [0, 0.1) is 11.8 Å². The van der Waals surface area contributed by atoms with Gasteiger partial charge in [0.1, 0.15) is 0 Å². The second kappa shape index (κ2) is 3.25. The van der Waals surface area contributed by atoms with Crippen LogP contribution in [0.1, 0.15) is 33.6 Å². The Morgan fingerprint density at radius 2 is 2.09 bits per heavy atom. The first-order valence-corrected chi connectivity index (χ1v) is 4.49. The van der Waals surface area contributed by atoms with Crippen molar-refractivity contribution in [3.63, 3.8) is 0 Å². The van der Waals surface area contributed by atoms with Gasteiger partial charge in [0.05, 0.1) is 0 Å². The van der Waals surface area contributed by atoms with E-state index in [1.54, 1.807) is 0 Å². The molecule has 0 spiro atoms. The summed E-state index contributed by atoms with van der Waals surface area (Å²) in [7, 11) is 0. The van der Waals surface area contributed by atoms with Gasteiger partial charge in [-0.2, -0.15) is 0 Å². The van der Waals surface area contributed by atoms with Gasteiger partial charge in [0.15, 0.2) is 0 Å². The molecule has 2 atom stereocenters. The van der Waals surface area contributed by atoms with Crippen LogP contribution in [0.25, 0.3) is 0 Å². The van der Waals surface area contributed by atoms with Gasteiger partial charge < -0.3 is 0 Å². The highest BCUT2D eigenvalue weighted by molar-refractivity contribution is 5.32. The van der Waals surface area contributed by atoms with Crippen LogP contribution in [0.3, 0.4) is 0 Å². The molecule has 0 bridgehead atoms. The Balaban J connectivity index is 2.75. The van der Waals surface area contributed by atoms with E-state index < -0.39 is 0 Å². The minimum Gasteiger partial charge on any atom is -0.0953 e. The highest BCUT2D eigenvalue weighted by atomic mass is 14.3. The van der Waals surface area contributed by atoms with E-state index in [0.29, 0.717) is 5.92 Å². The molecule has 1 rings (SSSR count). The van der Waals surface area contributed by atoms with Gasteiger partial charge in [0, 0.05) is 0 Å². The molecule has 0 nitrogen and oxygen atoms in total. The summed E-state index contributed by atoms with van der Waals surface area (Å²) < 4.78 is 0. The number of hydrogen-bond acceptors (Lipinski definition) is 0. The minimum absolute atomic E-state index is 0.699. The molecule has 0 saturated heterocycles. The third-order valence-electron chi connectivity index (χ3n) is 2.68. The van der Waals surface area contributed by atoms with E-state index in [9.17, 15) is 0 Å². The maximum Gasteiger partial charge on any atom is -0.0191 e. The van der Waals surface area contributed by atoms with Crippen LogP contribution >= 0.6 is 0 Å². The molecule has 11 heavy (non-hydrogen) atoms. The monoisotopic (exact) mass is 150 g/mol. The van der Waals surface area contributed by atoms with E-state index in [0.717, 1.165) is 5.92 Å². The zero-order chi connectivity index (χ0) is 8.43. The molecule has 0 heteroatoms. The predicted octanol–water partition coefficient (Wildman–Crippen LogP) is 3.55. The Hall–Kier alpha value is -0.520. The normalized spacial score (nSPS) is 36.3. The molecule has 0 aromatic carbocycles. The van der Waals surface area contributed by atoms with Crippen molar-refractivity contribution in [1.82, 2.24) is 0 Å². The molecule has 1 saturated carbocycles. The van der Waals surface area contributed by atoms with Crippen LogP contribution in [0.2, 0.25) is 0 Å². The zero-order valence-corrected chi connectivity index (χ0v) is 7.85. The van der Waals surface area contributed by atoms with Crippen molar-refractivity contribution in [1.29, 1.82) is 0 Å². The van der Waals surface area contributed by atoms with Crippen molar-refractivity contribution in [2.45, 2.75) is 33.6 Å². The van der Waals surface area contributed by atoms with E-state index >= 15 is 0 Å². The molecule has 0 radical (unpaired) electrons. The van der Waals surface area contributed by atoms with Gasteiger partial charge in [-0.1, -0.05) is 26.5 Å². The fourth-order valence-electron chi connectivity index (χ4n) is 1.96. The summed E-state index contributed by atoms with van der Waals surface area (Å²) >= 11 is 0. The van der Waals surface area contributed by atoms with Crippen molar-refractivity contribution in [3.05, 3.63) is 23.8 Å². The van der Waals surface area contributed by atoms with E-state index in [1.807, 2.05) is 0 Å². The fraction of sp³-hybridized carbons (Fsp3) is 0.636. The largest absolute Gasteiger partial charge is 0.0953 e. The smallest absolute Gasteiger partial charge is 0.0191 e. The van der Waals surface area contributed by atoms with Crippen molar-refractivity contribution in [2.24, 2.45) is 11.8 Å². The summed E-state index contributed by atoms with van der Waals surface area (Å²) in [5.41, 5.74) is 2.85. The summed E-state index contributed by atoms with van der Waals surface area (Å²) in [5, 5.41) is 0. The first-order valence-electron chi connectivity index (χ1n) is 4.49. The second-order valence-corrected chi connectivity index (χ2v) is 3.79. The number of allylic oxidation sites excluding steroid dienone is 3. The summed E-state index contributed by atoms with van der Waals surface area (Å²) in [6.45, 7) is 10.8. The lowest BCUT2D eigenvalue weighted by Gasteiger charge is -2.28. The van der Waals surface area contributed by atoms with Crippen LogP contribution in [-0.2, 0) is 0 Å². The summed E-state index contributed by atoms with van der Waals surface area (Å²) in [6.07, 6.45) is 4.77. The van der Waals surface area contributed by atoms with Crippen LogP contribution in [0.15, 0.2) is 23.8 Å². The van der Waals surface area contributed by atoms with Crippen LogP contribution in [0.4, 0.5) is 0 Å². The molecule has 1 fully saturated rings. The van der Waals surface area contributed by atoms with Crippen molar-refractivity contribution in [3.8, 4) is 0 Å². The van der Waals surface area contributed by atoms with Crippen molar-refractivity contribution in [2.75, 3.05) is 0 Å². The third-order valence-corrected chi connectivity index (χ3v) is 2.68. The van der Waals surface area contributed by atoms with Gasteiger partial charge in [-0.25, -0.2) is 0 Å². The first kappa shape index (κ1) is 8.58. The topological polar surface area (TPSA) is 0 Å². The molecule has 0 aromatic rings. The predicted molar refractivity (Wildman–Crippen MR) is 50.5 cm³/mol. The standard InChI is InChI=1S/C11H18/c1-5-11-7-8(2)6-9(3)10(11)4/h5,8-9H,4,6-7H2,1-3H3/b11-5-/t8-,9-/m0/s1. The maximum absolute atomic E-state index is 4.11. The van der Waals surface area contributed by atoms with E-state index in [-0.39, 0.29) is 0 Å². The van der Waals surface area contributed by atoms with Gasteiger partial charge in [0.2, 0.25) is 0 Å². The van der Waals surface area contributed by atoms with E-state index in [2.05, 4.69) is 33.4 Å². The van der Waals surface area contributed by atoms with Gasteiger partial charge in [-0.15, -0.1) is 0 Å². The van der Waals surface area contributed by atoms with E-state index in [4.69, 9.17) is 0 Å². The molecular weight excluding hydrogens is 132 g/mol. The molecule has 0 unspecified atom stereocenters. The van der Waals surface area contributed by atoms with Gasteiger partial charge >= 0.3 is 0 Å². The third kappa shape index (κ3) is 1.74. The maximum atomic E-state index is 4.11. The Morgan fingerprint density at radius 3 is 2.64 bits per heavy atom. The Morgan fingerprint density at radius 1 is 1.45 bits per heavy atom. The molecular formula is C11H18. The summed E-state index contributed by atoms with van der Waals surface area (Å²) in [5.74, 6) is 1.55. The van der Waals surface area contributed by atoms with E-state index in [1.165, 1.54) is 24.0 Å². The highest BCUT2D eigenvalue weighted by Crippen LogP contribution is 2.35. The average Bonchev–Trinajstić information content (AvgIpc) is 1.96. The SMILES string of the molecule is C=C1/C(=C\C)C[C@@H](C)C[C@@H]1C. The highest BCUT2D eigenvalue weighted by Gasteiger charge is 2.21. The summed E-state index contributed by atoms with van der Waals surface area (Å²) in [6, 6.07) is 0. The number of hydrogen-bond donors (Lipinski definition) is 0. The molecule has 62 valence electrons. The van der Waals surface area contributed by atoms with Crippen LogP contribution in [-0.4, -0.2) is 0 Å². The lowest BCUT2D eigenvalue weighted by Crippen LogP contribution is -2.14. The Labute approximate surface area is 70.0 Å². The lowest BCUT2D eigenvalue weighted by molar-refractivity contribution is 0.417. The minimum atomic E-state index is 0.699. The molecule has 0 heterocycles. The van der Waals surface area contributed by atoms with Gasteiger partial charge in [-0.3, -0.25) is 0 Å². The van der Waals surface area contributed by atoms with Crippen LogP contribution in [0.5, 0.6) is 0 Å². The molecule has 1 aliphatic carbocycles. The molecule has 1 aliphatic rings. The Bertz CT molecular complexity index is 186. The summed E-state index contributed by atoms with van der Waals surface area (Å²) in [4.78, 5) is 0. The molecule has 0 N–H and O–H groups in total. The van der Waals surface area contributed by atoms with Crippen molar-refractivity contribution < 1.29 is 0 Å². The fourth-order valence-corrected chi connectivity index (χ4v) is 1.96.